The van der Waals surface area contributed by atoms with Gasteiger partial charge in [-0.1, -0.05) is 59.3 Å². The van der Waals surface area contributed by atoms with Gasteiger partial charge >= 0.3 is 7.12 Å². The van der Waals surface area contributed by atoms with E-state index < -0.39 is 7.12 Å². The number of hydrogen-bond acceptors (Lipinski definition) is 3. The van der Waals surface area contributed by atoms with E-state index in [4.69, 9.17) is 10.0 Å². The Kier molecular flexibility index (Phi) is 9.38. The number of unbranched alkanes of at least 4 members (excludes halogenated alkanes) is 4. The molecule has 0 bridgehead atoms. The molecule has 0 amide bonds. The van der Waals surface area contributed by atoms with Gasteiger partial charge in [-0.05, 0) is 12.8 Å². The SMILES string of the molecule is CCCCCCC(C)(CCCC)C(=O)CB(O)O. The molecule has 0 aliphatic carbocycles. The molecule has 0 aromatic carbocycles. The number of carbonyl (C=O) groups is 1. The van der Waals surface area contributed by atoms with Gasteiger partial charge in [0.15, 0.2) is 0 Å². The van der Waals surface area contributed by atoms with Crippen LogP contribution in [0.5, 0.6) is 0 Å². The topological polar surface area (TPSA) is 57.5 Å². The van der Waals surface area contributed by atoms with Crippen LogP contribution in [0.1, 0.15) is 72.1 Å². The second-order valence-corrected chi connectivity index (χ2v) is 5.58. The summed E-state index contributed by atoms with van der Waals surface area (Å²) in [4.78, 5) is 12.1. The molecule has 0 aromatic rings. The van der Waals surface area contributed by atoms with Crippen molar-refractivity contribution < 1.29 is 14.8 Å². The van der Waals surface area contributed by atoms with Gasteiger partial charge in [0, 0.05) is 11.7 Å². The first kappa shape index (κ1) is 17.7. The van der Waals surface area contributed by atoms with Gasteiger partial charge in [0.1, 0.15) is 5.78 Å². The number of carbonyl (C=O) groups excluding carboxylic acids is 1. The van der Waals surface area contributed by atoms with Gasteiger partial charge in [-0.2, -0.15) is 0 Å². The normalized spacial score (nSPS) is 14.3. The minimum absolute atomic E-state index is 0.00227. The fourth-order valence-corrected chi connectivity index (χ4v) is 2.32. The Hall–Kier alpha value is -0.345. The highest BCUT2D eigenvalue weighted by Crippen LogP contribution is 2.33. The summed E-state index contributed by atoms with van der Waals surface area (Å²) in [6.07, 6.45) is 8.31. The Balaban J connectivity index is 4.35. The maximum atomic E-state index is 12.1. The Morgan fingerprint density at radius 2 is 1.56 bits per heavy atom. The van der Waals surface area contributed by atoms with Crippen molar-refractivity contribution in [1.82, 2.24) is 0 Å². The summed E-state index contributed by atoms with van der Waals surface area (Å²) in [5.74, 6) is 0.00227. The highest BCUT2D eigenvalue weighted by molar-refractivity contribution is 6.46. The van der Waals surface area contributed by atoms with Crippen LogP contribution in [0.4, 0.5) is 0 Å². The van der Waals surface area contributed by atoms with Crippen molar-refractivity contribution in [2.45, 2.75) is 78.5 Å². The van der Waals surface area contributed by atoms with E-state index in [1.165, 1.54) is 12.8 Å². The van der Waals surface area contributed by atoms with Crippen LogP contribution >= 0.6 is 0 Å². The van der Waals surface area contributed by atoms with E-state index in [0.29, 0.717) is 0 Å². The van der Waals surface area contributed by atoms with Crippen molar-refractivity contribution >= 4 is 12.9 Å². The molecule has 0 saturated heterocycles. The van der Waals surface area contributed by atoms with Crippen LogP contribution in [-0.4, -0.2) is 22.9 Å². The lowest BCUT2D eigenvalue weighted by Crippen LogP contribution is -2.32. The van der Waals surface area contributed by atoms with Crippen LogP contribution in [0.15, 0.2) is 0 Å². The molecular weight excluding hydrogens is 227 g/mol. The average molecular weight is 256 g/mol. The maximum absolute atomic E-state index is 12.1. The summed E-state index contributed by atoms with van der Waals surface area (Å²) >= 11 is 0. The molecule has 3 nitrogen and oxygen atoms in total. The van der Waals surface area contributed by atoms with Gasteiger partial charge in [-0.25, -0.2) is 0 Å². The van der Waals surface area contributed by atoms with Crippen LogP contribution in [0.2, 0.25) is 6.32 Å². The Bertz CT molecular complexity index is 231. The van der Waals surface area contributed by atoms with Crippen LogP contribution in [-0.2, 0) is 4.79 Å². The highest BCUT2D eigenvalue weighted by atomic mass is 16.4. The molecular formula is C14H29BO3. The average Bonchev–Trinajstić information content (AvgIpc) is 2.31. The van der Waals surface area contributed by atoms with Gasteiger partial charge in [0.25, 0.3) is 0 Å². The fraction of sp³-hybridized carbons (Fsp3) is 0.929. The van der Waals surface area contributed by atoms with Crippen molar-refractivity contribution in [3.05, 3.63) is 0 Å². The van der Waals surface area contributed by atoms with E-state index in [1.807, 2.05) is 6.92 Å². The van der Waals surface area contributed by atoms with Crippen molar-refractivity contribution in [3.8, 4) is 0 Å². The van der Waals surface area contributed by atoms with E-state index in [2.05, 4.69) is 13.8 Å². The summed E-state index contributed by atoms with van der Waals surface area (Å²) < 4.78 is 0. The monoisotopic (exact) mass is 256 g/mol. The van der Waals surface area contributed by atoms with Gasteiger partial charge in [0.2, 0.25) is 0 Å². The molecule has 0 aliphatic heterocycles. The van der Waals surface area contributed by atoms with Gasteiger partial charge in [-0.15, -0.1) is 0 Å². The third-order valence-electron chi connectivity index (χ3n) is 3.71. The third kappa shape index (κ3) is 7.17. The maximum Gasteiger partial charge on any atom is 0.459 e. The molecule has 4 heteroatoms. The Labute approximate surface area is 112 Å². The fourth-order valence-electron chi connectivity index (χ4n) is 2.32. The first-order valence-corrected chi connectivity index (χ1v) is 7.35. The zero-order valence-electron chi connectivity index (χ0n) is 12.2. The van der Waals surface area contributed by atoms with Crippen LogP contribution in [0.25, 0.3) is 0 Å². The molecule has 0 fully saturated rings. The number of hydrogen-bond donors (Lipinski definition) is 2. The van der Waals surface area contributed by atoms with Gasteiger partial charge in [0.05, 0.1) is 0 Å². The van der Waals surface area contributed by atoms with Crippen LogP contribution in [0.3, 0.4) is 0 Å². The number of ketones is 1. The molecule has 0 aromatic heterocycles. The molecule has 0 spiro atoms. The van der Waals surface area contributed by atoms with E-state index >= 15 is 0 Å². The molecule has 0 aliphatic rings. The molecule has 1 atom stereocenters. The smallest absolute Gasteiger partial charge is 0.427 e. The first-order chi connectivity index (χ1) is 8.46. The molecule has 106 valence electrons. The van der Waals surface area contributed by atoms with Crippen molar-refractivity contribution in [2.75, 3.05) is 0 Å². The van der Waals surface area contributed by atoms with E-state index in [-0.39, 0.29) is 17.5 Å². The van der Waals surface area contributed by atoms with Crippen LogP contribution < -0.4 is 0 Å². The van der Waals surface area contributed by atoms with Crippen molar-refractivity contribution in [1.29, 1.82) is 0 Å². The highest BCUT2D eigenvalue weighted by Gasteiger charge is 2.33. The molecule has 0 saturated carbocycles. The predicted octanol–water partition coefficient (Wildman–Crippen LogP) is 3.20. The molecule has 2 N–H and O–H groups in total. The molecule has 18 heavy (non-hydrogen) atoms. The summed E-state index contributed by atoms with van der Waals surface area (Å²) in [6.45, 7) is 6.27. The minimum atomic E-state index is -1.51. The van der Waals surface area contributed by atoms with Gasteiger partial charge in [-0.3, -0.25) is 4.79 Å². The number of Topliss-reactive ketones (excluding diaryl/α,β-unsaturated/α-hetero) is 1. The largest absolute Gasteiger partial charge is 0.459 e. The zero-order chi connectivity index (χ0) is 14.0. The first-order valence-electron chi connectivity index (χ1n) is 7.35. The van der Waals surface area contributed by atoms with Crippen molar-refractivity contribution in [2.24, 2.45) is 5.41 Å². The summed E-state index contributed by atoms with van der Waals surface area (Å²) in [5, 5.41) is 17.9. The third-order valence-corrected chi connectivity index (χ3v) is 3.71. The molecule has 0 rings (SSSR count). The predicted molar refractivity (Wildman–Crippen MR) is 76.4 cm³/mol. The van der Waals surface area contributed by atoms with E-state index in [1.54, 1.807) is 0 Å². The van der Waals surface area contributed by atoms with Crippen LogP contribution in [0, 0.1) is 5.41 Å². The van der Waals surface area contributed by atoms with E-state index in [9.17, 15) is 4.79 Å². The van der Waals surface area contributed by atoms with E-state index in [0.717, 1.165) is 38.5 Å². The molecule has 0 radical (unpaired) electrons. The lowest BCUT2D eigenvalue weighted by Gasteiger charge is -2.28. The standard InChI is InChI=1S/C14H29BO3/c1-4-6-8-9-11-14(3,10-7-5-2)13(16)12-15(17)18/h17-18H,4-12H2,1-3H3. The Morgan fingerprint density at radius 1 is 1.00 bits per heavy atom. The van der Waals surface area contributed by atoms with Crippen molar-refractivity contribution in [3.63, 3.8) is 0 Å². The van der Waals surface area contributed by atoms with Gasteiger partial charge < -0.3 is 10.0 Å². The second-order valence-electron chi connectivity index (χ2n) is 5.58. The Morgan fingerprint density at radius 3 is 2.06 bits per heavy atom. The summed E-state index contributed by atoms with van der Waals surface area (Å²) in [7, 11) is -1.51. The lowest BCUT2D eigenvalue weighted by atomic mass is 9.69. The quantitative estimate of drug-likeness (QED) is 0.441. The zero-order valence-corrected chi connectivity index (χ0v) is 12.2. The minimum Gasteiger partial charge on any atom is -0.427 e. The summed E-state index contributed by atoms with van der Waals surface area (Å²) in [5.41, 5.74) is -0.368. The second kappa shape index (κ2) is 9.57. The molecule has 1 unspecified atom stereocenters. The molecule has 0 heterocycles. The summed E-state index contributed by atoms with van der Waals surface area (Å²) in [6, 6.07) is 0. The lowest BCUT2D eigenvalue weighted by molar-refractivity contribution is -0.126. The number of rotatable bonds is 11.